The molecule has 1 aromatic heterocycles. The number of halogens is 1. The SMILES string of the molecule is O=C(O)c1cc(-n2c(=O)[nH][nH]c2=O)ccc1Br. The Morgan fingerprint density at radius 1 is 1.24 bits per heavy atom. The lowest BCUT2D eigenvalue weighted by atomic mass is 10.2. The van der Waals surface area contributed by atoms with Crippen molar-refractivity contribution in [1.82, 2.24) is 14.8 Å². The molecule has 0 bridgehead atoms. The molecule has 88 valence electrons. The summed E-state index contributed by atoms with van der Waals surface area (Å²) in [6.07, 6.45) is 0. The molecule has 0 amide bonds. The summed E-state index contributed by atoms with van der Waals surface area (Å²) < 4.78 is 1.17. The Kier molecular flexibility index (Phi) is 2.72. The lowest BCUT2D eigenvalue weighted by Gasteiger charge is -2.03. The van der Waals surface area contributed by atoms with Gasteiger partial charge in [0.1, 0.15) is 0 Å². The van der Waals surface area contributed by atoms with Crippen LogP contribution in [0.5, 0.6) is 0 Å². The van der Waals surface area contributed by atoms with E-state index in [0.717, 1.165) is 4.57 Å². The molecule has 17 heavy (non-hydrogen) atoms. The highest BCUT2D eigenvalue weighted by atomic mass is 79.9. The number of aromatic carboxylic acids is 1. The van der Waals surface area contributed by atoms with Crippen LogP contribution < -0.4 is 11.4 Å². The van der Waals surface area contributed by atoms with Gasteiger partial charge in [-0.15, -0.1) is 0 Å². The van der Waals surface area contributed by atoms with Gasteiger partial charge in [-0.25, -0.2) is 29.1 Å². The fourth-order valence-electron chi connectivity index (χ4n) is 1.36. The number of aromatic amines is 2. The molecular weight excluding hydrogens is 294 g/mol. The number of nitrogens with zero attached hydrogens (tertiary/aromatic N) is 1. The highest BCUT2D eigenvalue weighted by Gasteiger charge is 2.12. The Hall–Kier alpha value is -2.09. The summed E-state index contributed by atoms with van der Waals surface area (Å²) in [6.45, 7) is 0. The summed E-state index contributed by atoms with van der Waals surface area (Å²) in [7, 11) is 0. The summed E-state index contributed by atoms with van der Waals surface area (Å²) in [5, 5.41) is 13.1. The van der Waals surface area contributed by atoms with Gasteiger partial charge in [0.05, 0.1) is 11.3 Å². The standard InChI is InChI=1S/C9H6BrN3O4/c10-6-2-1-4(3-5(6)7(14)15)13-8(16)11-12-9(13)17/h1-3H,(H,11,16)(H,12,17)(H,14,15). The Bertz CT molecular complexity index is 669. The van der Waals surface area contributed by atoms with Crippen LogP contribution in [0.2, 0.25) is 0 Å². The maximum atomic E-state index is 11.3. The Morgan fingerprint density at radius 2 is 1.82 bits per heavy atom. The van der Waals surface area contributed by atoms with E-state index in [4.69, 9.17) is 5.11 Å². The summed E-state index contributed by atoms with van der Waals surface area (Å²) in [5.41, 5.74) is -1.17. The number of hydrogen-bond acceptors (Lipinski definition) is 3. The Morgan fingerprint density at radius 3 is 2.35 bits per heavy atom. The van der Waals surface area contributed by atoms with Crippen LogP contribution in [0.1, 0.15) is 10.4 Å². The Balaban J connectivity index is 2.70. The summed E-state index contributed by atoms with van der Waals surface area (Å²) in [5.74, 6) is -1.15. The van der Waals surface area contributed by atoms with Crippen LogP contribution >= 0.6 is 15.9 Å². The normalized spacial score (nSPS) is 10.4. The molecule has 3 N–H and O–H groups in total. The van der Waals surface area contributed by atoms with Gasteiger partial charge >= 0.3 is 17.3 Å². The van der Waals surface area contributed by atoms with E-state index in [-0.39, 0.29) is 11.3 Å². The van der Waals surface area contributed by atoms with Crippen molar-refractivity contribution in [3.8, 4) is 5.69 Å². The predicted molar refractivity (Wildman–Crippen MR) is 61.7 cm³/mol. The number of carboxylic acids is 1. The molecule has 1 heterocycles. The minimum atomic E-state index is -1.15. The number of aromatic nitrogens is 3. The van der Waals surface area contributed by atoms with Gasteiger partial charge in [0.2, 0.25) is 0 Å². The van der Waals surface area contributed by atoms with E-state index in [0.29, 0.717) is 4.47 Å². The second kappa shape index (κ2) is 4.06. The largest absolute Gasteiger partial charge is 0.478 e. The summed E-state index contributed by atoms with van der Waals surface area (Å²) >= 11 is 3.07. The van der Waals surface area contributed by atoms with E-state index in [1.807, 2.05) is 0 Å². The second-order valence-electron chi connectivity index (χ2n) is 3.17. The molecule has 8 heteroatoms. The van der Waals surface area contributed by atoms with Crippen molar-refractivity contribution < 1.29 is 9.90 Å². The van der Waals surface area contributed by atoms with Crippen LogP contribution in [-0.2, 0) is 0 Å². The van der Waals surface area contributed by atoms with E-state index >= 15 is 0 Å². The average molecular weight is 300 g/mol. The van der Waals surface area contributed by atoms with Crippen LogP contribution in [-0.4, -0.2) is 25.8 Å². The minimum Gasteiger partial charge on any atom is -0.478 e. The number of hydrogen-bond donors (Lipinski definition) is 3. The fraction of sp³-hybridized carbons (Fsp3) is 0. The van der Waals surface area contributed by atoms with E-state index < -0.39 is 17.3 Å². The van der Waals surface area contributed by atoms with Crippen molar-refractivity contribution in [2.75, 3.05) is 0 Å². The zero-order valence-electron chi connectivity index (χ0n) is 8.23. The van der Waals surface area contributed by atoms with Crippen molar-refractivity contribution in [2.24, 2.45) is 0 Å². The van der Waals surface area contributed by atoms with Crippen molar-refractivity contribution in [1.29, 1.82) is 0 Å². The van der Waals surface area contributed by atoms with Crippen LogP contribution in [0.3, 0.4) is 0 Å². The first-order valence-corrected chi connectivity index (χ1v) is 5.23. The molecule has 1 aromatic carbocycles. The van der Waals surface area contributed by atoms with Crippen LogP contribution in [0, 0.1) is 0 Å². The molecule has 0 aliphatic carbocycles. The third-order valence-electron chi connectivity index (χ3n) is 2.12. The molecule has 0 saturated carbocycles. The molecule has 0 atom stereocenters. The lowest BCUT2D eigenvalue weighted by Crippen LogP contribution is -2.24. The molecule has 0 unspecified atom stereocenters. The average Bonchev–Trinajstić information content (AvgIpc) is 2.59. The molecule has 7 nitrogen and oxygen atoms in total. The molecule has 0 fully saturated rings. The van der Waals surface area contributed by atoms with Crippen molar-refractivity contribution in [3.05, 3.63) is 49.2 Å². The van der Waals surface area contributed by atoms with Crippen molar-refractivity contribution in [2.45, 2.75) is 0 Å². The smallest absolute Gasteiger partial charge is 0.348 e. The van der Waals surface area contributed by atoms with E-state index in [1.54, 1.807) is 0 Å². The molecule has 2 aromatic rings. The fourth-order valence-corrected chi connectivity index (χ4v) is 1.78. The molecular formula is C9H6BrN3O4. The maximum absolute atomic E-state index is 11.3. The zero-order chi connectivity index (χ0) is 12.6. The van der Waals surface area contributed by atoms with E-state index in [2.05, 4.69) is 26.1 Å². The summed E-state index contributed by atoms with van der Waals surface area (Å²) in [6, 6.07) is 4.15. The maximum Gasteiger partial charge on any atom is 0.348 e. The van der Waals surface area contributed by atoms with Crippen molar-refractivity contribution in [3.63, 3.8) is 0 Å². The van der Waals surface area contributed by atoms with Crippen molar-refractivity contribution >= 4 is 21.9 Å². The number of H-pyrrole nitrogens is 2. The number of carboxylic acid groups (broad SMARTS) is 1. The number of nitrogens with one attached hydrogen (secondary N) is 2. The lowest BCUT2D eigenvalue weighted by molar-refractivity contribution is 0.0696. The van der Waals surface area contributed by atoms with Gasteiger partial charge in [0.25, 0.3) is 0 Å². The minimum absolute atomic E-state index is 0.0324. The molecule has 0 saturated heterocycles. The van der Waals surface area contributed by atoms with E-state index in [9.17, 15) is 14.4 Å². The van der Waals surface area contributed by atoms with Gasteiger partial charge < -0.3 is 5.11 Å². The predicted octanol–water partition coefficient (Wildman–Crippen LogP) is 0.315. The van der Waals surface area contributed by atoms with Gasteiger partial charge in [-0.3, -0.25) is 0 Å². The van der Waals surface area contributed by atoms with Crippen LogP contribution in [0.15, 0.2) is 32.3 Å². The molecule has 0 aliphatic heterocycles. The number of benzene rings is 1. The first-order valence-electron chi connectivity index (χ1n) is 4.43. The zero-order valence-corrected chi connectivity index (χ0v) is 9.82. The quantitative estimate of drug-likeness (QED) is 0.742. The third-order valence-corrected chi connectivity index (χ3v) is 2.81. The molecule has 0 spiro atoms. The van der Waals surface area contributed by atoms with Crippen LogP contribution in [0.4, 0.5) is 0 Å². The second-order valence-corrected chi connectivity index (χ2v) is 4.02. The number of rotatable bonds is 2. The molecule has 0 aliphatic rings. The first-order chi connectivity index (χ1) is 8.00. The highest BCUT2D eigenvalue weighted by Crippen LogP contribution is 2.19. The highest BCUT2D eigenvalue weighted by molar-refractivity contribution is 9.10. The Labute approximate surface area is 102 Å². The van der Waals surface area contributed by atoms with Gasteiger partial charge in [0, 0.05) is 4.47 Å². The van der Waals surface area contributed by atoms with E-state index in [1.165, 1.54) is 18.2 Å². The van der Waals surface area contributed by atoms with Gasteiger partial charge in [-0.2, -0.15) is 0 Å². The number of carbonyl (C=O) groups is 1. The monoisotopic (exact) mass is 299 g/mol. The molecule has 2 rings (SSSR count). The van der Waals surface area contributed by atoms with Crippen LogP contribution in [0.25, 0.3) is 5.69 Å². The van der Waals surface area contributed by atoms with Gasteiger partial charge in [-0.05, 0) is 34.1 Å². The van der Waals surface area contributed by atoms with Gasteiger partial charge in [-0.1, -0.05) is 0 Å². The summed E-state index contributed by atoms with van der Waals surface area (Å²) in [4.78, 5) is 33.5. The first kappa shape index (κ1) is 11.4. The van der Waals surface area contributed by atoms with Gasteiger partial charge in [0.15, 0.2) is 0 Å². The third kappa shape index (κ3) is 1.94. The molecule has 0 radical (unpaired) electrons. The topological polar surface area (TPSA) is 108 Å².